The lowest BCUT2D eigenvalue weighted by molar-refractivity contribution is -0.0201. The Balaban J connectivity index is 0.000000336. The number of ether oxygens (including phenoxy) is 2. The summed E-state index contributed by atoms with van der Waals surface area (Å²) in [5.41, 5.74) is 3.58. The minimum absolute atomic E-state index is 0.0666. The zero-order valence-corrected chi connectivity index (χ0v) is 23.8. The number of rotatable bonds is 12. The quantitative estimate of drug-likeness (QED) is 0.118. The van der Waals surface area contributed by atoms with Crippen LogP contribution >= 0.6 is 0 Å². The molecule has 2 N–H and O–H groups in total. The molecule has 0 heterocycles. The van der Waals surface area contributed by atoms with Crippen molar-refractivity contribution in [2.24, 2.45) is 0 Å². The zero-order valence-electron chi connectivity index (χ0n) is 23.0. The van der Waals surface area contributed by atoms with Crippen LogP contribution in [0, 0.1) is 6.92 Å². The lowest BCUT2D eigenvalue weighted by Crippen LogP contribution is -2.34. The molecule has 6 nitrogen and oxygen atoms in total. The maximum absolute atomic E-state index is 10.5. The average molecular weight is 563 g/mol. The van der Waals surface area contributed by atoms with Crippen molar-refractivity contribution in [3.05, 3.63) is 138 Å². The van der Waals surface area contributed by atoms with Crippen molar-refractivity contribution in [3.63, 3.8) is 0 Å². The highest BCUT2D eigenvalue weighted by molar-refractivity contribution is 7.85. The Labute approximate surface area is 238 Å². The number of hydrogen-bond donors (Lipinski definition) is 2. The van der Waals surface area contributed by atoms with Gasteiger partial charge in [0.1, 0.15) is 5.60 Å². The van der Waals surface area contributed by atoms with Crippen LogP contribution in [0.2, 0.25) is 0 Å². The van der Waals surface area contributed by atoms with E-state index in [-0.39, 0.29) is 17.6 Å². The maximum atomic E-state index is 10.5. The van der Waals surface area contributed by atoms with Crippen LogP contribution in [-0.4, -0.2) is 44.0 Å². The third-order valence-electron chi connectivity index (χ3n) is 6.41. The molecule has 0 aliphatic carbocycles. The van der Waals surface area contributed by atoms with E-state index in [9.17, 15) is 8.42 Å². The van der Waals surface area contributed by atoms with E-state index in [0.29, 0.717) is 19.6 Å². The molecule has 0 spiro atoms. The topological polar surface area (TPSA) is 93.1 Å². The average Bonchev–Trinajstić information content (AvgIpc) is 2.97. The molecule has 212 valence electrons. The third-order valence-corrected chi connectivity index (χ3v) is 7.28. The second kappa shape index (κ2) is 15.5. The van der Waals surface area contributed by atoms with E-state index in [1.54, 1.807) is 12.1 Å². The molecule has 0 saturated carbocycles. The van der Waals surface area contributed by atoms with Gasteiger partial charge in [-0.15, -0.1) is 0 Å². The van der Waals surface area contributed by atoms with Gasteiger partial charge in [-0.05, 0) is 55.5 Å². The number of hydrogen-bond acceptors (Lipinski definition) is 5. The predicted molar refractivity (Wildman–Crippen MR) is 158 cm³/mol. The van der Waals surface area contributed by atoms with Crippen LogP contribution in [-0.2, 0) is 25.2 Å². The SMILES string of the molecule is CC(CCOC(c1ccccc1)(c1ccccc1)c1ccccc1)OCCCO.Cc1ccc(S(=O)(=O)O)cc1. The first-order valence-corrected chi connectivity index (χ1v) is 14.8. The third kappa shape index (κ3) is 8.84. The number of benzene rings is 4. The lowest BCUT2D eigenvalue weighted by atomic mass is 9.80. The molecule has 1 atom stereocenters. The van der Waals surface area contributed by atoms with E-state index in [2.05, 4.69) is 79.7 Å². The van der Waals surface area contributed by atoms with Gasteiger partial charge in [-0.3, -0.25) is 4.55 Å². The number of aliphatic hydroxyl groups is 1. The smallest absolute Gasteiger partial charge is 0.294 e. The van der Waals surface area contributed by atoms with Gasteiger partial charge in [-0.1, -0.05) is 109 Å². The van der Waals surface area contributed by atoms with Gasteiger partial charge in [0.05, 0.1) is 17.6 Å². The fourth-order valence-corrected chi connectivity index (χ4v) is 4.77. The highest BCUT2D eigenvalue weighted by atomic mass is 32.2. The molecule has 4 aromatic rings. The van der Waals surface area contributed by atoms with Gasteiger partial charge in [0.15, 0.2) is 0 Å². The molecule has 7 heteroatoms. The van der Waals surface area contributed by atoms with Crippen LogP contribution < -0.4 is 0 Å². The van der Waals surface area contributed by atoms with Crippen molar-refractivity contribution < 1.29 is 27.6 Å². The van der Waals surface area contributed by atoms with Crippen LogP contribution in [0.3, 0.4) is 0 Å². The first kappa shape index (κ1) is 31.2. The fourth-order valence-electron chi connectivity index (χ4n) is 4.29. The van der Waals surface area contributed by atoms with Gasteiger partial charge in [0, 0.05) is 13.2 Å². The molecule has 0 radical (unpaired) electrons. The van der Waals surface area contributed by atoms with Crippen LogP contribution in [0.5, 0.6) is 0 Å². The molecule has 0 fully saturated rings. The molecular weight excluding hydrogens is 524 g/mol. The molecular formula is C33H38O6S. The monoisotopic (exact) mass is 562 g/mol. The summed E-state index contributed by atoms with van der Waals surface area (Å²) >= 11 is 0. The molecule has 40 heavy (non-hydrogen) atoms. The van der Waals surface area contributed by atoms with Gasteiger partial charge in [0.2, 0.25) is 0 Å². The van der Waals surface area contributed by atoms with Crippen molar-refractivity contribution >= 4 is 10.1 Å². The van der Waals surface area contributed by atoms with Gasteiger partial charge >= 0.3 is 0 Å². The highest BCUT2D eigenvalue weighted by Gasteiger charge is 2.37. The number of aryl methyl sites for hydroxylation is 1. The summed E-state index contributed by atoms with van der Waals surface area (Å²) in [6, 6.07) is 37.2. The summed E-state index contributed by atoms with van der Waals surface area (Å²) in [4.78, 5) is -0.0666. The molecule has 4 aromatic carbocycles. The summed E-state index contributed by atoms with van der Waals surface area (Å²) in [7, 11) is -4.02. The zero-order chi connectivity index (χ0) is 28.8. The van der Waals surface area contributed by atoms with E-state index in [1.165, 1.54) is 12.1 Å². The van der Waals surface area contributed by atoms with Gasteiger partial charge in [0.25, 0.3) is 10.1 Å². The number of aliphatic hydroxyl groups excluding tert-OH is 1. The molecule has 4 rings (SSSR count). The Morgan fingerprint density at radius 1 is 0.725 bits per heavy atom. The van der Waals surface area contributed by atoms with Crippen LogP contribution in [0.4, 0.5) is 0 Å². The summed E-state index contributed by atoms with van der Waals surface area (Å²) in [6.45, 7) is 5.17. The van der Waals surface area contributed by atoms with Gasteiger partial charge < -0.3 is 14.6 Å². The summed E-state index contributed by atoms with van der Waals surface area (Å²) in [5.74, 6) is 0. The largest absolute Gasteiger partial charge is 0.396 e. The standard InChI is InChI=1S/C26H30O3.C7H8O3S/c1-22(28-20-11-19-27)18-21-29-26(23-12-5-2-6-13-23,24-14-7-3-8-15-24)25-16-9-4-10-17-25;1-6-2-4-7(5-3-6)11(8,9)10/h2-10,12-17,22,27H,11,18-21H2,1H3;2-5H,1H3,(H,8,9,10). The van der Waals surface area contributed by atoms with Gasteiger partial charge in [-0.2, -0.15) is 8.42 Å². The highest BCUT2D eigenvalue weighted by Crippen LogP contribution is 2.40. The van der Waals surface area contributed by atoms with Crippen molar-refractivity contribution in [1.29, 1.82) is 0 Å². The minimum atomic E-state index is -4.02. The van der Waals surface area contributed by atoms with E-state index >= 15 is 0 Å². The minimum Gasteiger partial charge on any atom is -0.396 e. The summed E-state index contributed by atoms with van der Waals surface area (Å²) in [6.07, 6.45) is 1.51. The Morgan fingerprint density at radius 2 is 1.18 bits per heavy atom. The second-order valence-electron chi connectivity index (χ2n) is 9.46. The van der Waals surface area contributed by atoms with Crippen molar-refractivity contribution in [1.82, 2.24) is 0 Å². The van der Waals surface area contributed by atoms with Crippen LogP contribution in [0.1, 0.15) is 42.0 Å². The predicted octanol–water partition coefficient (Wildman–Crippen LogP) is 6.41. The summed E-state index contributed by atoms with van der Waals surface area (Å²) < 4.78 is 42.1. The molecule has 1 unspecified atom stereocenters. The Kier molecular flexibility index (Phi) is 12.1. The summed E-state index contributed by atoms with van der Waals surface area (Å²) in [5, 5.41) is 8.94. The van der Waals surface area contributed by atoms with E-state index in [0.717, 1.165) is 28.7 Å². The molecule has 0 amide bonds. The van der Waals surface area contributed by atoms with Crippen molar-refractivity contribution in [3.8, 4) is 0 Å². The van der Waals surface area contributed by atoms with Crippen LogP contribution in [0.15, 0.2) is 120 Å². The Hall–Kier alpha value is -3.33. The van der Waals surface area contributed by atoms with E-state index < -0.39 is 15.7 Å². The molecule has 0 aliphatic rings. The Bertz CT molecular complexity index is 1260. The van der Waals surface area contributed by atoms with Gasteiger partial charge in [-0.25, -0.2) is 0 Å². The van der Waals surface area contributed by atoms with Crippen molar-refractivity contribution in [2.45, 2.75) is 43.3 Å². The normalized spacial score (nSPS) is 12.3. The lowest BCUT2D eigenvalue weighted by Gasteiger charge is -2.36. The van der Waals surface area contributed by atoms with E-state index in [1.807, 2.05) is 25.1 Å². The van der Waals surface area contributed by atoms with Crippen LogP contribution in [0.25, 0.3) is 0 Å². The van der Waals surface area contributed by atoms with E-state index in [4.69, 9.17) is 19.1 Å². The molecule has 0 saturated heterocycles. The van der Waals surface area contributed by atoms with Crippen molar-refractivity contribution in [2.75, 3.05) is 19.8 Å². The molecule has 0 bridgehead atoms. The Morgan fingerprint density at radius 3 is 1.57 bits per heavy atom. The maximum Gasteiger partial charge on any atom is 0.294 e. The first-order chi connectivity index (χ1) is 19.3. The molecule has 0 aromatic heterocycles. The first-order valence-electron chi connectivity index (χ1n) is 13.3. The second-order valence-corrected chi connectivity index (χ2v) is 10.9. The molecule has 0 aliphatic heterocycles. The fraction of sp³-hybridized carbons (Fsp3) is 0.273.